The van der Waals surface area contributed by atoms with Crippen molar-refractivity contribution in [1.82, 2.24) is 0 Å². The van der Waals surface area contributed by atoms with Crippen molar-refractivity contribution < 1.29 is 14.3 Å². The Bertz CT molecular complexity index is 387. The number of hydrogen-bond donors (Lipinski definition) is 1. The topological polar surface area (TPSA) is 61.5 Å². The smallest absolute Gasteiger partial charge is 0.322 e. The van der Waals surface area contributed by atoms with E-state index in [4.69, 9.17) is 10.5 Å². The van der Waals surface area contributed by atoms with E-state index >= 15 is 0 Å². The Morgan fingerprint density at radius 2 is 1.89 bits per heavy atom. The van der Waals surface area contributed by atoms with Gasteiger partial charge in [0.1, 0.15) is 11.8 Å². The zero-order valence-electron chi connectivity index (χ0n) is 11.9. The highest BCUT2D eigenvalue weighted by molar-refractivity contribution is 5.75. The van der Waals surface area contributed by atoms with Crippen molar-refractivity contribution in [2.45, 2.75) is 45.3 Å². The molecule has 19 heavy (non-hydrogen) atoms. The molecule has 1 atom stereocenters. The molecular formula is C15H23NO3. The van der Waals surface area contributed by atoms with Crippen LogP contribution in [0.1, 0.15) is 32.3 Å². The van der Waals surface area contributed by atoms with Crippen LogP contribution in [-0.4, -0.2) is 25.2 Å². The predicted molar refractivity (Wildman–Crippen MR) is 75.1 cm³/mol. The molecule has 4 heteroatoms. The van der Waals surface area contributed by atoms with Crippen LogP contribution in [0.4, 0.5) is 0 Å². The first-order valence-electron chi connectivity index (χ1n) is 6.62. The van der Waals surface area contributed by atoms with Crippen LogP contribution in [0.3, 0.4) is 0 Å². The highest BCUT2D eigenvalue weighted by atomic mass is 16.5. The van der Waals surface area contributed by atoms with Gasteiger partial charge in [-0.15, -0.1) is 0 Å². The molecule has 0 aromatic heterocycles. The molecule has 1 unspecified atom stereocenters. The molecule has 0 amide bonds. The minimum absolute atomic E-state index is 0.184. The molecule has 0 radical (unpaired) electrons. The van der Waals surface area contributed by atoms with E-state index in [0.29, 0.717) is 6.42 Å². The van der Waals surface area contributed by atoms with Crippen molar-refractivity contribution in [3.63, 3.8) is 0 Å². The van der Waals surface area contributed by atoms with Crippen LogP contribution in [0, 0.1) is 0 Å². The molecule has 0 saturated carbocycles. The average molecular weight is 265 g/mol. The summed E-state index contributed by atoms with van der Waals surface area (Å²) in [6.07, 6.45) is 2.58. The van der Waals surface area contributed by atoms with Crippen molar-refractivity contribution >= 4 is 5.97 Å². The number of carbonyl (C=O) groups excluding carboxylic acids is 1. The summed E-state index contributed by atoms with van der Waals surface area (Å²) in [5, 5.41) is 0. The van der Waals surface area contributed by atoms with E-state index < -0.39 is 6.04 Å². The molecule has 0 heterocycles. The zero-order chi connectivity index (χ0) is 14.3. The number of carbonyl (C=O) groups is 1. The maximum atomic E-state index is 11.1. The van der Waals surface area contributed by atoms with Gasteiger partial charge in [-0.05, 0) is 50.8 Å². The van der Waals surface area contributed by atoms with E-state index in [0.717, 1.165) is 18.6 Å². The van der Waals surface area contributed by atoms with Crippen LogP contribution in [0.15, 0.2) is 24.3 Å². The van der Waals surface area contributed by atoms with Gasteiger partial charge >= 0.3 is 5.97 Å². The third-order valence-electron chi connectivity index (χ3n) is 2.78. The Morgan fingerprint density at radius 1 is 1.26 bits per heavy atom. The third kappa shape index (κ3) is 5.75. The molecule has 1 rings (SSSR count). The van der Waals surface area contributed by atoms with Gasteiger partial charge in [0, 0.05) is 0 Å². The Hall–Kier alpha value is -1.55. The lowest BCUT2D eigenvalue weighted by Crippen LogP contribution is -2.31. The number of nitrogens with two attached hydrogens (primary N) is 1. The summed E-state index contributed by atoms with van der Waals surface area (Å²) in [5.74, 6) is 0.533. The van der Waals surface area contributed by atoms with Gasteiger partial charge in [-0.3, -0.25) is 4.79 Å². The van der Waals surface area contributed by atoms with Crippen LogP contribution < -0.4 is 10.5 Å². The van der Waals surface area contributed by atoms with Gasteiger partial charge in [0.2, 0.25) is 0 Å². The van der Waals surface area contributed by atoms with Gasteiger partial charge < -0.3 is 15.2 Å². The van der Waals surface area contributed by atoms with Crippen molar-refractivity contribution in [3.8, 4) is 5.75 Å². The fourth-order valence-corrected chi connectivity index (χ4v) is 1.80. The summed E-state index contributed by atoms with van der Waals surface area (Å²) in [4.78, 5) is 11.1. The second-order valence-electron chi connectivity index (χ2n) is 4.83. The summed E-state index contributed by atoms with van der Waals surface area (Å²) in [7, 11) is 1.36. The number of rotatable bonds is 7. The number of esters is 1. The summed E-state index contributed by atoms with van der Waals surface area (Å²) < 4.78 is 10.2. The highest BCUT2D eigenvalue weighted by Gasteiger charge is 2.12. The van der Waals surface area contributed by atoms with Crippen molar-refractivity contribution in [3.05, 3.63) is 29.8 Å². The molecule has 1 aromatic rings. The minimum atomic E-state index is -0.520. The molecular weight excluding hydrogens is 242 g/mol. The highest BCUT2D eigenvalue weighted by Crippen LogP contribution is 2.15. The standard InChI is InChI=1S/C15H23NO3/c1-11(2)19-13-9-7-12(8-10-13)5-4-6-14(16)15(17)18-3/h7-11,14H,4-6,16H2,1-3H3. The van der Waals surface area contributed by atoms with Gasteiger partial charge in [0.25, 0.3) is 0 Å². The molecule has 0 spiro atoms. The van der Waals surface area contributed by atoms with E-state index in [2.05, 4.69) is 4.74 Å². The summed E-state index contributed by atoms with van der Waals surface area (Å²) in [6, 6.07) is 7.50. The average Bonchev–Trinajstić information content (AvgIpc) is 2.39. The fraction of sp³-hybridized carbons (Fsp3) is 0.533. The molecule has 4 nitrogen and oxygen atoms in total. The quantitative estimate of drug-likeness (QED) is 0.768. The van der Waals surface area contributed by atoms with Crippen LogP contribution in [-0.2, 0) is 16.0 Å². The SMILES string of the molecule is COC(=O)C(N)CCCc1ccc(OC(C)C)cc1. The lowest BCUT2D eigenvalue weighted by molar-refractivity contribution is -0.142. The number of hydrogen-bond acceptors (Lipinski definition) is 4. The van der Waals surface area contributed by atoms with Gasteiger partial charge in [0.05, 0.1) is 13.2 Å². The van der Waals surface area contributed by atoms with Crippen LogP contribution in [0.5, 0.6) is 5.75 Å². The second kappa shape index (κ2) is 7.79. The number of ether oxygens (including phenoxy) is 2. The maximum Gasteiger partial charge on any atom is 0.322 e. The monoisotopic (exact) mass is 265 g/mol. The van der Waals surface area contributed by atoms with E-state index in [1.807, 2.05) is 38.1 Å². The predicted octanol–water partition coefficient (Wildman–Crippen LogP) is 2.30. The Kier molecular flexibility index (Phi) is 6.36. The lowest BCUT2D eigenvalue weighted by atomic mass is 10.1. The molecule has 0 bridgehead atoms. The molecule has 106 valence electrons. The van der Waals surface area contributed by atoms with Crippen LogP contribution in [0.25, 0.3) is 0 Å². The van der Waals surface area contributed by atoms with Gasteiger partial charge in [-0.25, -0.2) is 0 Å². The number of benzene rings is 1. The zero-order valence-corrected chi connectivity index (χ0v) is 11.9. The molecule has 0 aliphatic rings. The Morgan fingerprint density at radius 3 is 2.42 bits per heavy atom. The van der Waals surface area contributed by atoms with Gasteiger partial charge in [-0.1, -0.05) is 12.1 Å². The molecule has 1 aromatic carbocycles. The molecule has 0 fully saturated rings. The Balaban J connectivity index is 2.36. The van der Waals surface area contributed by atoms with E-state index in [1.165, 1.54) is 12.7 Å². The minimum Gasteiger partial charge on any atom is -0.491 e. The molecule has 0 aliphatic heterocycles. The first kappa shape index (κ1) is 15.5. The van der Waals surface area contributed by atoms with Crippen molar-refractivity contribution in [2.75, 3.05) is 7.11 Å². The first-order chi connectivity index (χ1) is 9.02. The normalized spacial score (nSPS) is 12.3. The van der Waals surface area contributed by atoms with Crippen LogP contribution >= 0.6 is 0 Å². The third-order valence-corrected chi connectivity index (χ3v) is 2.78. The number of aryl methyl sites for hydroxylation is 1. The second-order valence-corrected chi connectivity index (χ2v) is 4.83. The fourth-order valence-electron chi connectivity index (χ4n) is 1.80. The molecule has 0 aliphatic carbocycles. The lowest BCUT2D eigenvalue weighted by Gasteiger charge is -2.11. The van der Waals surface area contributed by atoms with Crippen molar-refractivity contribution in [2.24, 2.45) is 5.73 Å². The van der Waals surface area contributed by atoms with E-state index in [-0.39, 0.29) is 12.1 Å². The maximum absolute atomic E-state index is 11.1. The van der Waals surface area contributed by atoms with E-state index in [9.17, 15) is 4.79 Å². The summed E-state index contributed by atoms with van der Waals surface area (Å²) in [5.41, 5.74) is 6.89. The number of methoxy groups -OCH3 is 1. The Labute approximate surface area is 114 Å². The van der Waals surface area contributed by atoms with Gasteiger partial charge in [0.15, 0.2) is 0 Å². The van der Waals surface area contributed by atoms with Crippen molar-refractivity contribution in [1.29, 1.82) is 0 Å². The molecule has 2 N–H and O–H groups in total. The van der Waals surface area contributed by atoms with Gasteiger partial charge in [-0.2, -0.15) is 0 Å². The van der Waals surface area contributed by atoms with Crippen LogP contribution in [0.2, 0.25) is 0 Å². The molecule has 0 saturated heterocycles. The largest absolute Gasteiger partial charge is 0.491 e. The summed E-state index contributed by atoms with van der Waals surface area (Å²) >= 11 is 0. The summed E-state index contributed by atoms with van der Waals surface area (Å²) in [6.45, 7) is 4.00. The first-order valence-corrected chi connectivity index (χ1v) is 6.62. The van der Waals surface area contributed by atoms with E-state index in [1.54, 1.807) is 0 Å².